The average Bonchev–Trinajstić information content (AvgIpc) is 2.68. The van der Waals surface area contributed by atoms with Crippen LogP contribution in [-0.4, -0.2) is 31.4 Å². The van der Waals surface area contributed by atoms with E-state index >= 15 is 0 Å². The van der Waals surface area contributed by atoms with Gasteiger partial charge in [0, 0.05) is 18.9 Å². The molecule has 7 heteroatoms. The van der Waals surface area contributed by atoms with E-state index in [1.165, 1.54) is 6.20 Å². The molecule has 2 N–H and O–H groups in total. The van der Waals surface area contributed by atoms with Crippen molar-refractivity contribution in [2.45, 2.75) is 6.92 Å². The van der Waals surface area contributed by atoms with Crippen LogP contribution < -0.4 is 15.4 Å². The quantitative estimate of drug-likeness (QED) is 0.364. The van der Waals surface area contributed by atoms with Crippen molar-refractivity contribution in [2.24, 2.45) is 0 Å². The summed E-state index contributed by atoms with van der Waals surface area (Å²) >= 11 is 0. The van der Waals surface area contributed by atoms with Gasteiger partial charge in [0.25, 0.3) is 0 Å². The second kappa shape index (κ2) is 7.74. The van der Waals surface area contributed by atoms with Gasteiger partial charge in [-0.2, -0.15) is 0 Å². The molecule has 1 aliphatic heterocycles. The van der Waals surface area contributed by atoms with Gasteiger partial charge in [-0.3, -0.25) is 4.79 Å². The number of hydrogen-bond donors (Lipinski definition) is 2. The van der Waals surface area contributed by atoms with Gasteiger partial charge in [0.2, 0.25) is 5.78 Å². The molecule has 0 spiro atoms. The molecule has 0 fully saturated rings. The van der Waals surface area contributed by atoms with Gasteiger partial charge in [-0.1, -0.05) is 6.07 Å². The number of carbonyl (C=O) groups excluding carboxylic acids is 3. The number of para-hydroxylation sites is 1. The summed E-state index contributed by atoms with van der Waals surface area (Å²) < 4.78 is 10.2. The average molecular weight is 366 g/mol. The van der Waals surface area contributed by atoms with Crippen LogP contribution >= 0.6 is 0 Å². The van der Waals surface area contributed by atoms with Crippen LogP contribution in [0.15, 0.2) is 54.2 Å². The van der Waals surface area contributed by atoms with E-state index in [0.717, 1.165) is 0 Å². The van der Waals surface area contributed by atoms with E-state index in [0.29, 0.717) is 29.1 Å². The maximum Gasteiger partial charge on any atom is 0.349 e. The van der Waals surface area contributed by atoms with Crippen LogP contribution in [-0.2, 0) is 9.53 Å². The van der Waals surface area contributed by atoms with Gasteiger partial charge in [-0.05, 0) is 43.3 Å². The van der Waals surface area contributed by atoms with E-state index in [1.54, 1.807) is 56.4 Å². The molecule has 3 rings (SSSR count). The molecule has 0 aliphatic carbocycles. The lowest BCUT2D eigenvalue weighted by atomic mass is 9.99. The molecule has 0 saturated heterocycles. The number of ketones is 1. The zero-order valence-corrected chi connectivity index (χ0v) is 14.9. The van der Waals surface area contributed by atoms with Gasteiger partial charge in [-0.25, -0.2) is 9.59 Å². The summed E-state index contributed by atoms with van der Waals surface area (Å²) in [7, 11) is 1.68. The monoisotopic (exact) mass is 366 g/mol. The predicted octanol–water partition coefficient (Wildman–Crippen LogP) is 3.00. The molecule has 0 bridgehead atoms. The lowest BCUT2D eigenvalue weighted by Crippen LogP contribution is -2.26. The zero-order valence-electron chi connectivity index (χ0n) is 14.9. The molecule has 0 radical (unpaired) electrons. The van der Waals surface area contributed by atoms with Crippen LogP contribution in [0.1, 0.15) is 27.6 Å². The highest BCUT2D eigenvalue weighted by Gasteiger charge is 2.32. The fourth-order valence-electron chi connectivity index (χ4n) is 2.61. The first-order chi connectivity index (χ1) is 13.0. The highest BCUT2D eigenvalue weighted by atomic mass is 16.5. The third-order valence-corrected chi connectivity index (χ3v) is 3.97. The van der Waals surface area contributed by atoms with Gasteiger partial charge < -0.3 is 20.1 Å². The highest BCUT2D eigenvalue weighted by Crippen LogP contribution is 2.34. The van der Waals surface area contributed by atoms with Crippen LogP contribution in [0.2, 0.25) is 0 Å². The Morgan fingerprint density at radius 3 is 2.56 bits per heavy atom. The maximum absolute atomic E-state index is 12.6. The van der Waals surface area contributed by atoms with Crippen molar-refractivity contribution in [1.29, 1.82) is 0 Å². The number of anilines is 2. The number of carbonyl (C=O) groups is 3. The number of ether oxygens (including phenoxy) is 2. The predicted molar refractivity (Wildman–Crippen MR) is 100 cm³/mol. The van der Waals surface area contributed by atoms with Crippen molar-refractivity contribution in [2.75, 3.05) is 24.3 Å². The summed E-state index contributed by atoms with van der Waals surface area (Å²) in [6.07, 6.45) is 1.30. The molecular formula is C20H18N2O5. The van der Waals surface area contributed by atoms with E-state index in [2.05, 4.69) is 10.6 Å². The summed E-state index contributed by atoms with van der Waals surface area (Å²) in [4.78, 5) is 36.5. The van der Waals surface area contributed by atoms with E-state index < -0.39 is 17.7 Å². The molecule has 0 atom stereocenters. The van der Waals surface area contributed by atoms with Crippen LogP contribution in [0.5, 0.6) is 5.75 Å². The van der Waals surface area contributed by atoms with E-state index in [1.807, 2.05) is 0 Å². The fourth-order valence-corrected chi connectivity index (χ4v) is 2.61. The van der Waals surface area contributed by atoms with Gasteiger partial charge in [0.15, 0.2) is 5.75 Å². The van der Waals surface area contributed by atoms with E-state index in [-0.39, 0.29) is 11.3 Å². The topological polar surface area (TPSA) is 93.7 Å². The zero-order chi connectivity index (χ0) is 19.4. The smallest absolute Gasteiger partial charge is 0.349 e. The lowest BCUT2D eigenvalue weighted by molar-refractivity contribution is -0.130. The molecule has 2 aromatic rings. The Kier molecular flexibility index (Phi) is 5.21. The van der Waals surface area contributed by atoms with Crippen molar-refractivity contribution in [3.63, 3.8) is 0 Å². The Labute approximate surface area is 156 Å². The molecule has 7 nitrogen and oxygen atoms in total. The molecule has 138 valence electrons. The molecule has 1 heterocycles. The number of fused-ring (bicyclic) bond motifs is 1. The minimum atomic E-state index is -0.731. The summed E-state index contributed by atoms with van der Waals surface area (Å²) in [5.41, 5.74) is 1.79. The maximum atomic E-state index is 12.6. The molecule has 1 aliphatic rings. The minimum absolute atomic E-state index is 0.106. The lowest BCUT2D eigenvalue weighted by Gasteiger charge is -2.19. The molecule has 0 saturated carbocycles. The van der Waals surface area contributed by atoms with Crippen LogP contribution in [0.4, 0.5) is 11.4 Å². The fraction of sp³-hybridized carbons (Fsp3) is 0.150. The van der Waals surface area contributed by atoms with Crippen LogP contribution in [0, 0.1) is 0 Å². The summed E-state index contributed by atoms with van der Waals surface area (Å²) in [5, 5.41) is 5.77. The highest BCUT2D eigenvalue weighted by molar-refractivity contribution is 6.28. The second-order valence-corrected chi connectivity index (χ2v) is 5.65. The van der Waals surface area contributed by atoms with Crippen molar-refractivity contribution in [1.82, 2.24) is 0 Å². The second-order valence-electron chi connectivity index (χ2n) is 5.65. The number of benzene rings is 2. The normalized spacial score (nSPS) is 14.4. The van der Waals surface area contributed by atoms with Gasteiger partial charge in [0.05, 0.1) is 23.4 Å². The number of Topliss-reactive ketones (excluding diaryl/α,β-unsaturated/α-hetero) is 1. The molecule has 2 aromatic carbocycles. The third-order valence-electron chi connectivity index (χ3n) is 3.97. The summed E-state index contributed by atoms with van der Waals surface area (Å²) in [6.45, 7) is 2.03. The van der Waals surface area contributed by atoms with Gasteiger partial charge >= 0.3 is 11.9 Å². The Hall–Kier alpha value is -3.61. The number of hydrogen-bond acceptors (Lipinski definition) is 7. The standard InChI is InChI=1S/C20H18N2O5/c1-3-26-19(24)12-7-9-13(10-8-12)22-11-15-17(23)14-5-4-6-16(21-2)18(14)27-20(15)25/h4-11,21-22H,3H2,1-2H3. The largest absolute Gasteiger partial charge is 0.462 e. The molecule has 0 aromatic heterocycles. The summed E-state index contributed by atoms with van der Waals surface area (Å²) in [5.74, 6) is -1.34. The Morgan fingerprint density at radius 1 is 1.15 bits per heavy atom. The Bertz CT molecular complexity index is 932. The summed E-state index contributed by atoms with van der Waals surface area (Å²) in [6, 6.07) is 11.5. The first-order valence-electron chi connectivity index (χ1n) is 8.36. The molecule has 0 amide bonds. The van der Waals surface area contributed by atoms with E-state index in [9.17, 15) is 14.4 Å². The third kappa shape index (κ3) is 3.67. The van der Waals surface area contributed by atoms with Gasteiger partial charge in [-0.15, -0.1) is 0 Å². The van der Waals surface area contributed by atoms with Crippen molar-refractivity contribution < 1.29 is 23.9 Å². The first-order valence-corrected chi connectivity index (χ1v) is 8.36. The minimum Gasteiger partial charge on any atom is -0.462 e. The van der Waals surface area contributed by atoms with E-state index in [4.69, 9.17) is 9.47 Å². The van der Waals surface area contributed by atoms with Crippen molar-refractivity contribution in [3.05, 3.63) is 65.4 Å². The SMILES string of the molecule is CCOC(=O)c1ccc(NC=C2C(=O)Oc3c(NC)cccc3C2=O)cc1. The van der Waals surface area contributed by atoms with Crippen LogP contribution in [0.3, 0.4) is 0 Å². The number of rotatable bonds is 5. The Morgan fingerprint density at radius 2 is 1.89 bits per heavy atom. The molecular weight excluding hydrogens is 348 g/mol. The Balaban J connectivity index is 1.80. The van der Waals surface area contributed by atoms with Crippen molar-refractivity contribution in [3.8, 4) is 5.75 Å². The number of esters is 2. The van der Waals surface area contributed by atoms with Crippen molar-refractivity contribution >= 4 is 29.1 Å². The van der Waals surface area contributed by atoms with Gasteiger partial charge in [0.1, 0.15) is 5.57 Å². The van der Waals surface area contributed by atoms with Crippen LogP contribution in [0.25, 0.3) is 0 Å². The first kappa shape index (κ1) is 18.2. The molecule has 0 unspecified atom stereocenters. The molecule has 27 heavy (non-hydrogen) atoms. The number of nitrogens with one attached hydrogen (secondary N) is 2.